The van der Waals surface area contributed by atoms with Gasteiger partial charge in [-0.3, -0.25) is 4.79 Å². The van der Waals surface area contributed by atoms with E-state index in [4.69, 9.17) is 15.2 Å². The maximum atomic E-state index is 11.0. The van der Waals surface area contributed by atoms with E-state index in [0.717, 1.165) is 44.4 Å². The van der Waals surface area contributed by atoms with Crippen molar-refractivity contribution < 1.29 is 18.8 Å². The molecule has 0 saturated carbocycles. The molecule has 0 fully saturated rings. The van der Waals surface area contributed by atoms with Gasteiger partial charge in [-0.05, 0) is 30.3 Å². The highest BCUT2D eigenvalue weighted by Crippen LogP contribution is 2.46. The molecule has 0 spiro atoms. The van der Waals surface area contributed by atoms with Crippen LogP contribution in [0.1, 0.15) is 0 Å². The van der Waals surface area contributed by atoms with Gasteiger partial charge in [-0.2, -0.15) is 4.57 Å². The fraction of sp³-hybridized carbons (Fsp3) is 0.0909. The van der Waals surface area contributed by atoms with E-state index >= 15 is 0 Å². The van der Waals surface area contributed by atoms with Gasteiger partial charge in [0.15, 0.2) is 6.61 Å². The Morgan fingerprint density at radius 1 is 1.04 bits per heavy atom. The fourth-order valence-electron chi connectivity index (χ4n) is 3.82. The van der Waals surface area contributed by atoms with Gasteiger partial charge in [0.1, 0.15) is 24.3 Å². The monoisotopic (exact) mass is 357 g/mol. The van der Waals surface area contributed by atoms with Crippen molar-refractivity contribution in [1.29, 1.82) is 0 Å². The number of aryl methyl sites for hydroxylation is 1. The number of ether oxygens (including phenoxy) is 2. The van der Waals surface area contributed by atoms with Crippen molar-refractivity contribution >= 4 is 27.6 Å². The fourth-order valence-corrected chi connectivity index (χ4v) is 3.82. The predicted molar refractivity (Wildman–Crippen MR) is 103 cm³/mol. The molecular weight excluding hydrogens is 340 g/mol. The summed E-state index contributed by atoms with van der Waals surface area (Å²) in [7, 11) is 2.04. The van der Waals surface area contributed by atoms with Crippen LogP contribution in [0.25, 0.3) is 32.9 Å². The van der Waals surface area contributed by atoms with Crippen LogP contribution in [-0.4, -0.2) is 12.5 Å². The minimum atomic E-state index is -0.496. The van der Waals surface area contributed by atoms with E-state index in [-0.39, 0.29) is 6.61 Å². The van der Waals surface area contributed by atoms with E-state index in [0.29, 0.717) is 5.75 Å². The van der Waals surface area contributed by atoms with Crippen molar-refractivity contribution in [3.05, 3.63) is 60.7 Å². The second kappa shape index (κ2) is 5.71. The molecule has 1 aromatic heterocycles. The average Bonchev–Trinajstić information content (AvgIpc) is 2.69. The van der Waals surface area contributed by atoms with Gasteiger partial charge in [-0.15, -0.1) is 0 Å². The lowest BCUT2D eigenvalue weighted by atomic mass is 9.96. The number of amides is 1. The number of pyridine rings is 1. The molecule has 1 aliphatic rings. The Balaban J connectivity index is 1.86. The molecule has 0 unspecified atom stereocenters. The number of carbonyl (C=O) groups is 1. The van der Waals surface area contributed by atoms with Crippen LogP contribution >= 0.6 is 0 Å². The molecule has 2 N–H and O–H groups in total. The molecule has 3 aromatic carbocycles. The zero-order valence-corrected chi connectivity index (χ0v) is 14.7. The van der Waals surface area contributed by atoms with E-state index in [2.05, 4.69) is 16.7 Å². The van der Waals surface area contributed by atoms with Gasteiger partial charge < -0.3 is 15.2 Å². The highest BCUT2D eigenvalue weighted by molar-refractivity contribution is 6.12. The number of para-hydroxylation sites is 1. The van der Waals surface area contributed by atoms with Crippen molar-refractivity contribution in [1.82, 2.24) is 0 Å². The molecular formula is C22H17N2O3+. The Morgan fingerprint density at radius 3 is 2.70 bits per heavy atom. The minimum absolute atomic E-state index is 0.142. The number of benzene rings is 3. The summed E-state index contributed by atoms with van der Waals surface area (Å²) in [4.78, 5) is 11.0. The molecule has 5 heteroatoms. The Labute approximate surface area is 155 Å². The SMILES string of the molecule is C[n+]1c2c3c(cccc3c3ccc(OCC(N)=O)cc31)Oc1ccccc1-2. The van der Waals surface area contributed by atoms with Gasteiger partial charge in [0.2, 0.25) is 11.2 Å². The number of rotatable bonds is 3. The number of carbonyl (C=O) groups excluding carboxylic acids is 1. The maximum absolute atomic E-state index is 11.0. The Hall–Kier alpha value is -3.60. The number of nitrogens with two attached hydrogens (primary N) is 1. The molecule has 5 nitrogen and oxygen atoms in total. The molecule has 1 aliphatic heterocycles. The van der Waals surface area contributed by atoms with Crippen LogP contribution in [0.3, 0.4) is 0 Å². The summed E-state index contributed by atoms with van der Waals surface area (Å²) < 4.78 is 13.8. The number of fused-ring (bicyclic) bond motifs is 4. The van der Waals surface area contributed by atoms with Gasteiger partial charge in [-0.25, -0.2) is 0 Å². The van der Waals surface area contributed by atoms with Gasteiger partial charge in [0.25, 0.3) is 5.91 Å². The maximum Gasteiger partial charge on any atom is 0.255 e. The summed E-state index contributed by atoms with van der Waals surface area (Å²) in [6.45, 7) is -0.142. The quantitative estimate of drug-likeness (QED) is 0.397. The van der Waals surface area contributed by atoms with Gasteiger partial charge in [-0.1, -0.05) is 24.3 Å². The summed E-state index contributed by atoms with van der Waals surface area (Å²) in [5, 5.41) is 3.30. The molecule has 0 bridgehead atoms. The minimum Gasteiger partial charge on any atom is -0.484 e. The Bertz CT molecular complexity index is 1250. The Kier molecular flexibility index (Phi) is 3.31. The molecule has 0 atom stereocenters. The number of nitrogens with zero attached hydrogens (tertiary/aromatic N) is 1. The van der Waals surface area contributed by atoms with E-state index in [1.54, 1.807) is 0 Å². The van der Waals surface area contributed by atoms with E-state index in [1.807, 2.05) is 55.6 Å². The van der Waals surface area contributed by atoms with Gasteiger partial charge >= 0.3 is 0 Å². The van der Waals surface area contributed by atoms with Gasteiger partial charge in [0.05, 0.1) is 22.4 Å². The summed E-state index contributed by atoms with van der Waals surface area (Å²) in [6.07, 6.45) is 0. The first-order valence-electron chi connectivity index (χ1n) is 8.70. The standard InChI is InChI=1S/C22H16N2O3/c1-24-17-11-13(26-12-20(23)25)9-10-14(17)15-6-4-8-19-21(15)22(24)16-5-2-3-7-18(16)27-19/h2-11H,12H2,1H3,(H-,23,25)/p+1. The highest BCUT2D eigenvalue weighted by atomic mass is 16.5. The molecule has 132 valence electrons. The molecule has 27 heavy (non-hydrogen) atoms. The topological polar surface area (TPSA) is 65.4 Å². The molecule has 1 amide bonds. The highest BCUT2D eigenvalue weighted by Gasteiger charge is 2.29. The molecule has 5 rings (SSSR count). The molecule has 2 heterocycles. The number of hydrogen-bond acceptors (Lipinski definition) is 3. The zero-order valence-electron chi connectivity index (χ0n) is 14.7. The van der Waals surface area contributed by atoms with Gasteiger partial charge in [0, 0.05) is 5.39 Å². The van der Waals surface area contributed by atoms with Crippen molar-refractivity contribution in [2.45, 2.75) is 0 Å². The van der Waals surface area contributed by atoms with Crippen LogP contribution in [0, 0.1) is 0 Å². The predicted octanol–water partition coefficient (Wildman–Crippen LogP) is 3.45. The third-order valence-electron chi connectivity index (χ3n) is 4.96. The van der Waals surface area contributed by atoms with Crippen molar-refractivity contribution in [3.63, 3.8) is 0 Å². The molecule has 4 aromatic rings. The Morgan fingerprint density at radius 2 is 1.85 bits per heavy atom. The zero-order chi connectivity index (χ0) is 18.5. The lowest BCUT2D eigenvalue weighted by Crippen LogP contribution is -2.33. The molecule has 0 saturated heterocycles. The largest absolute Gasteiger partial charge is 0.484 e. The van der Waals surface area contributed by atoms with Crippen molar-refractivity contribution in [2.24, 2.45) is 12.8 Å². The lowest BCUT2D eigenvalue weighted by molar-refractivity contribution is -0.632. The molecule has 0 radical (unpaired) electrons. The van der Waals surface area contributed by atoms with Crippen LogP contribution < -0.4 is 19.8 Å². The third-order valence-corrected chi connectivity index (χ3v) is 4.96. The lowest BCUT2D eigenvalue weighted by Gasteiger charge is -2.20. The van der Waals surface area contributed by atoms with Crippen LogP contribution in [0.2, 0.25) is 0 Å². The summed E-state index contributed by atoms with van der Waals surface area (Å²) in [6, 6.07) is 20.0. The van der Waals surface area contributed by atoms with Crippen LogP contribution in [0.5, 0.6) is 17.2 Å². The van der Waals surface area contributed by atoms with Crippen LogP contribution in [0.4, 0.5) is 0 Å². The van der Waals surface area contributed by atoms with Crippen molar-refractivity contribution in [2.75, 3.05) is 6.61 Å². The smallest absolute Gasteiger partial charge is 0.255 e. The second-order valence-corrected chi connectivity index (χ2v) is 6.62. The summed E-state index contributed by atoms with van der Waals surface area (Å²) >= 11 is 0. The van der Waals surface area contributed by atoms with Crippen LogP contribution in [-0.2, 0) is 11.8 Å². The number of aromatic nitrogens is 1. The average molecular weight is 357 g/mol. The second-order valence-electron chi connectivity index (χ2n) is 6.62. The number of primary amides is 1. The van der Waals surface area contributed by atoms with Crippen molar-refractivity contribution in [3.8, 4) is 28.5 Å². The first-order valence-corrected chi connectivity index (χ1v) is 8.70. The summed E-state index contributed by atoms with van der Waals surface area (Å²) in [5.41, 5.74) is 8.35. The molecule has 0 aliphatic carbocycles. The summed E-state index contributed by atoms with van der Waals surface area (Å²) in [5.74, 6) is 1.81. The third kappa shape index (κ3) is 2.32. The van der Waals surface area contributed by atoms with E-state index in [9.17, 15) is 4.79 Å². The first-order chi connectivity index (χ1) is 13.1. The normalized spacial score (nSPS) is 11.9. The first kappa shape index (κ1) is 15.6. The van der Waals surface area contributed by atoms with E-state index < -0.39 is 5.91 Å². The number of hydrogen-bond donors (Lipinski definition) is 1. The van der Waals surface area contributed by atoms with E-state index in [1.165, 1.54) is 0 Å². The van der Waals surface area contributed by atoms with Crippen LogP contribution in [0.15, 0.2) is 60.7 Å².